The van der Waals surface area contributed by atoms with Crippen LogP contribution in [-0.2, 0) is 13.1 Å². The Morgan fingerprint density at radius 1 is 1.73 bits per heavy atom. The molecule has 58 valence electrons. The van der Waals surface area contributed by atoms with E-state index in [4.69, 9.17) is 0 Å². The van der Waals surface area contributed by atoms with Gasteiger partial charge in [0.25, 0.3) is 0 Å². The molecule has 3 nitrogen and oxygen atoms in total. The predicted octanol–water partition coefficient (Wildman–Crippen LogP) is 0.917. The van der Waals surface area contributed by atoms with E-state index in [-0.39, 0.29) is 0 Å². The van der Waals surface area contributed by atoms with Gasteiger partial charge >= 0.3 is 0 Å². The van der Waals surface area contributed by atoms with Crippen LogP contribution < -0.4 is 0 Å². The molecular weight excluding hydrogens is 138 g/mol. The van der Waals surface area contributed by atoms with E-state index in [0.717, 1.165) is 19.5 Å². The third-order valence-corrected chi connectivity index (χ3v) is 1.98. The molecule has 0 aromatic carbocycles. The Kier molecular flexibility index (Phi) is 1.49. The summed E-state index contributed by atoms with van der Waals surface area (Å²) in [6.45, 7) is 4.19. The quantitative estimate of drug-likeness (QED) is 0.593. The Morgan fingerprint density at radius 3 is 3.36 bits per heavy atom. The van der Waals surface area contributed by atoms with E-state index in [9.17, 15) is 0 Å². The number of nitrogens with zero attached hydrogens (tertiary/aromatic N) is 2. The summed E-state index contributed by atoms with van der Waals surface area (Å²) >= 11 is 0. The van der Waals surface area contributed by atoms with E-state index in [1.807, 2.05) is 6.20 Å². The molecule has 0 amide bonds. The third-order valence-electron chi connectivity index (χ3n) is 1.98. The highest BCUT2D eigenvalue weighted by atomic mass is 15.2. The molecular formula is C8H12N3+. The molecule has 11 heavy (non-hydrogen) atoms. The summed E-state index contributed by atoms with van der Waals surface area (Å²) in [5.41, 5.74) is 2.62. The van der Waals surface area contributed by atoms with Crippen molar-refractivity contribution in [3.05, 3.63) is 17.5 Å². The van der Waals surface area contributed by atoms with Crippen molar-refractivity contribution in [1.82, 2.24) is 10.2 Å². The van der Waals surface area contributed by atoms with Crippen LogP contribution in [-0.4, -0.2) is 21.0 Å². The first-order valence-corrected chi connectivity index (χ1v) is 3.98. The Hall–Kier alpha value is -1.12. The van der Waals surface area contributed by atoms with Gasteiger partial charge in [0.2, 0.25) is 0 Å². The molecule has 0 spiro atoms. The molecule has 2 heterocycles. The Morgan fingerprint density at radius 2 is 2.64 bits per heavy atom. The van der Waals surface area contributed by atoms with Crippen molar-refractivity contribution in [3.8, 4) is 0 Å². The second-order valence-electron chi connectivity index (χ2n) is 2.87. The van der Waals surface area contributed by atoms with Crippen LogP contribution >= 0.6 is 0 Å². The molecule has 0 fully saturated rings. The minimum Gasteiger partial charge on any atom is -0.276 e. The lowest BCUT2D eigenvalue weighted by Crippen LogP contribution is -2.04. The van der Waals surface area contributed by atoms with Gasteiger partial charge in [-0.3, -0.25) is 5.10 Å². The molecule has 0 saturated heterocycles. The summed E-state index contributed by atoms with van der Waals surface area (Å²) in [6, 6.07) is 0. The fourth-order valence-electron chi connectivity index (χ4n) is 1.48. The van der Waals surface area contributed by atoms with Gasteiger partial charge in [0.1, 0.15) is 11.9 Å². The van der Waals surface area contributed by atoms with E-state index in [1.54, 1.807) is 0 Å². The highest BCUT2D eigenvalue weighted by Crippen LogP contribution is 2.14. The lowest BCUT2D eigenvalue weighted by Gasteiger charge is -1.88. The van der Waals surface area contributed by atoms with Crippen LogP contribution in [0.4, 0.5) is 0 Å². The molecule has 1 aromatic rings. The number of hydrogen-bond acceptors (Lipinski definition) is 1. The standard InChI is InChI=1S/C8H12N3/c1-2-3-11-5-7-4-9-10-8(7)6-11/h3-4H,2,5-6H2,1H3,(H,9,10)/q+1. The average Bonchev–Trinajstić information content (AvgIpc) is 2.46. The van der Waals surface area contributed by atoms with E-state index >= 15 is 0 Å². The number of H-pyrrole nitrogens is 1. The summed E-state index contributed by atoms with van der Waals surface area (Å²) < 4.78 is 2.31. The van der Waals surface area contributed by atoms with E-state index in [0.29, 0.717) is 0 Å². The van der Waals surface area contributed by atoms with Crippen molar-refractivity contribution < 1.29 is 4.58 Å². The first kappa shape index (κ1) is 6.58. The number of nitrogens with one attached hydrogen (secondary N) is 1. The van der Waals surface area contributed by atoms with Gasteiger partial charge in [0, 0.05) is 6.42 Å². The molecule has 0 saturated carbocycles. The Balaban J connectivity index is 2.22. The van der Waals surface area contributed by atoms with Crippen LogP contribution in [0.15, 0.2) is 6.20 Å². The van der Waals surface area contributed by atoms with Crippen molar-refractivity contribution >= 4 is 6.21 Å². The lowest BCUT2D eigenvalue weighted by atomic mass is 10.3. The number of hydrogen-bond donors (Lipinski definition) is 1. The molecule has 0 atom stereocenters. The minimum absolute atomic E-state index is 1.00. The van der Waals surface area contributed by atoms with Crippen LogP contribution in [0.2, 0.25) is 0 Å². The molecule has 1 aliphatic heterocycles. The normalized spacial score (nSPS) is 19.2. The second kappa shape index (κ2) is 2.49. The Labute approximate surface area is 65.8 Å². The SMILES string of the molecule is CCC=[N+]1Cc2cn[nH]c2C1. The first-order valence-electron chi connectivity index (χ1n) is 3.98. The maximum atomic E-state index is 3.97. The molecule has 0 unspecified atom stereocenters. The van der Waals surface area contributed by atoms with Crippen molar-refractivity contribution in [3.63, 3.8) is 0 Å². The van der Waals surface area contributed by atoms with Crippen LogP contribution in [0.3, 0.4) is 0 Å². The van der Waals surface area contributed by atoms with Gasteiger partial charge in [0.05, 0.1) is 11.8 Å². The fourth-order valence-corrected chi connectivity index (χ4v) is 1.48. The lowest BCUT2D eigenvalue weighted by molar-refractivity contribution is -0.545. The summed E-state index contributed by atoms with van der Waals surface area (Å²) in [6.07, 6.45) is 5.25. The molecule has 0 bridgehead atoms. The molecule has 3 heteroatoms. The van der Waals surface area contributed by atoms with E-state index in [1.165, 1.54) is 11.3 Å². The second-order valence-corrected chi connectivity index (χ2v) is 2.87. The maximum absolute atomic E-state index is 3.97. The highest BCUT2D eigenvalue weighted by molar-refractivity contribution is 5.50. The molecule has 1 aliphatic rings. The molecule has 0 radical (unpaired) electrons. The smallest absolute Gasteiger partial charge is 0.184 e. The number of rotatable bonds is 1. The van der Waals surface area contributed by atoms with Gasteiger partial charge in [0.15, 0.2) is 13.1 Å². The van der Waals surface area contributed by atoms with Gasteiger partial charge in [-0.25, -0.2) is 4.58 Å². The topological polar surface area (TPSA) is 31.7 Å². The van der Waals surface area contributed by atoms with Crippen LogP contribution in [0, 0.1) is 0 Å². The van der Waals surface area contributed by atoms with E-state index < -0.39 is 0 Å². The largest absolute Gasteiger partial charge is 0.276 e. The first-order chi connectivity index (χ1) is 5.40. The van der Waals surface area contributed by atoms with Crippen molar-refractivity contribution in [1.29, 1.82) is 0 Å². The summed E-state index contributed by atoms with van der Waals surface area (Å²) in [5.74, 6) is 0. The zero-order chi connectivity index (χ0) is 7.68. The van der Waals surface area contributed by atoms with Gasteiger partial charge in [-0.2, -0.15) is 5.10 Å². The monoisotopic (exact) mass is 150 g/mol. The van der Waals surface area contributed by atoms with Crippen molar-refractivity contribution in [2.24, 2.45) is 0 Å². The van der Waals surface area contributed by atoms with Crippen LogP contribution in [0.25, 0.3) is 0 Å². The van der Waals surface area contributed by atoms with Gasteiger partial charge in [-0.15, -0.1) is 0 Å². The van der Waals surface area contributed by atoms with Crippen LogP contribution in [0.5, 0.6) is 0 Å². The zero-order valence-electron chi connectivity index (χ0n) is 6.67. The van der Waals surface area contributed by atoms with Crippen molar-refractivity contribution in [2.45, 2.75) is 26.4 Å². The fraction of sp³-hybridized carbons (Fsp3) is 0.500. The van der Waals surface area contributed by atoms with Gasteiger partial charge in [-0.1, -0.05) is 6.92 Å². The van der Waals surface area contributed by atoms with E-state index in [2.05, 4.69) is 27.9 Å². The molecule has 2 rings (SSSR count). The summed E-state index contributed by atoms with van der Waals surface area (Å²) in [7, 11) is 0. The molecule has 1 N–H and O–H groups in total. The zero-order valence-corrected chi connectivity index (χ0v) is 6.67. The third kappa shape index (κ3) is 1.06. The summed E-state index contributed by atoms with van der Waals surface area (Å²) in [4.78, 5) is 0. The number of aromatic amines is 1. The number of fused-ring (bicyclic) bond motifs is 1. The van der Waals surface area contributed by atoms with Crippen molar-refractivity contribution in [2.75, 3.05) is 0 Å². The average molecular weight is 150 g/mol. The molecule has 1 aromatic heterocycles. The predicted molar refractivity (Wildman–Crippen MR) is 42.6 cm³/mol. The van der Waals surface area contributed by atoms with Gasteiger partial charge in [-0.05, 0) is 0 Å². The van der Waals surface area contributed by atoms with Gasteiger partial charge < -0.3 is 0 Å². The maximum Gasteiger partial charge on any atom is 0.184 e. The molecule has 0 aliphatic carbocycles. The highest BCUT2D eigenvalue weighted by Gasteiger charge is 2.21. The summed E-state index contributed by atoms with van der Waals surface area (Å²) in [5, 5.41) is 6.97. The minimum atomic E-state index is 1.00. The number of aromatic nitrogens is 2. The van der Waals surface area contributed by atoms with Crippen LogP contribution in [0.1, 0.15) is 24.6 Å². The Bertz CT molecular complexity index is 263.